The van der Waals surface area contributed by atoms with E-state index in [1.807, 2.05) is 0 Å². The van der Waals surface area contributed by atoms with Crippen LogP contribution in [0.3, 0.4) is 0 Å². The summed E-state index contributed by atoms with van der Waals surface area (Å²) in [4.78, 5) is 17.5. The zero-order valence-corrected chi connectivity index (χ0v) is 12.5. The molecule has 5 nitrogen and oxygen atoms in total. The summed E-state index contributed by atoms with van der Waals surface area (Å²) in [7, 11) is -8.42. The van der Waals surface area contributed by atoms with Crippen LogP contribution < -0.4 is 64.1 Å². The average Bonchev–Trinajstić information content (AvgIpc) is 1.80. The number of halogens is 6. The first-order chi connectivity index (χ1) is 6.37. The number of hydrogen-bond acceptors (Lipinski definition) is 5. The molecule has 0 rings (SSSR count). The monoisotopic (exact) mass is 288 g/mol. The van der Waals surface area contributed by atoms with Crippen LogP contribution in [0.2, 0.25) is 0 Å². The molecule has 0 spiro atoms. The van der Waals surface area contributed by atoms with Gasteiger partial charge in [0.1, 0.15) is 0 Å². The van der Waals surface area contributed by atoms with E-state index in [4.69, 9.17) is 24.7 Å². The molecule has 15 heteroatoms. The molecule has 0 aromatic carbocycles. The Labute approximate surface area is 135 Å². The van der Waals surface area contributed by atoms with Crippen molar-refractivity contribution in [2.45, 2.75) is 0 Å². The van der Waals surface area contributed by atoms with Crippen molar-refractivity contribution in [1.82, 2.24) is 0 Å². The summed E-state index contributed by atoms with van der Waals surface area (Å²) in [6, 6.07) is -5.09. The van der Waals surface area contributed by atoms with Crippen molar-refractivity contribution in [3.05, 3.63) is 0 Å². The van der Waals surface area contributed by atoms with Gasteiger partial charge in [-0.25, -0.2) is 9.59 Å². The quantitative estimate of drug-likeness (QED) is 0.216. The zero-order valence-electron chi connectivity index (χ0n) is 8.54. The molecule has 0 fully saturated rings. The average molecular weight is 288 g/mol. The third-order valence-corrected chi connectivity index (χ3v) is 0.155. The van der Waals surface area contributed by atoms with Gasteiger partial charge >= 0.3 is 85.8 Å². The van der Waals surface area contributed by atoms with Crippen molar-refractivity contribution < 1.29 is 110 Å². The van der Waals surface area contributed by atoms with Gasteiger partial charge in [0.15, 0.2) is 0 Å². The number of rotatable bonds is 1. The van der Waals surface area contributed by atoms with E-state index in [0.29, 0.717) is 0 Å². The van der Waals surface area contributed by atoms with Crippen LogP contribution in [0.15, 0.2) is 0 Å². The maximum absolute atomic E-state index is 10.5. The van der Waals surface area contributed by atoms with E-state index >= 15 is 0 Å². The van der Waals surface area contributed by atoms with Gasteiger partial charge in [0.05, 0.1) is 0 Å². The fourth-order valence-corrected chi connectivity index (χ4v) is 0. The molecular formula is C2H2B2F6Na2O5. The van der Waals surface area contributed by atoms with E-state index in [1.54, 1.807) is 0 Å². The molecule has 0 saturated heterocycles. The molecule has 0 amide bonds. The standard InChI is InChI=1S/C2F2O2.BF4.BH2O3.2Na/c3-1(5)2(4)6;2-1(3,4)5;2-1(3)4;;/h;;2-3H;;/q;2*-1;2*+1. The smallest absolute Gasteiger partial charge is 0.832 e. The molecule has 0 aliphatic heterocycles. The second-order valence-corrected chi connectivity index (χ2v) is 1.37. The molecule has 2 N–H and O–H groups in total. The summed E-state index contributed by atoms with van der Waals surface area (Å²) in [6.45, 7) is 0. The van der Waals surface area contributed by atoms with Crippen LogP contribution in [0.5, 0.6) is 0 Å². The van der Waals surface area contributed by atoms with E-state index in [1.165, 1.54) is 0 Å². The first kappa shape index (κ1) is 30.7. The largest absolute Gasteiger partial charge is 1.00 e. The first-order valence-corrected chi connectivity index (χ1v) is 2.66. The van der Waals surface area contributed by atoms with Crippen molar-refractivity contribution in [2.75, 3.05) is 0 Å². The Balaban J connectivity index is -0.0000000407. The van der Waals surface area contributed by atoms with Crippen LogP contribution in [0, 0.1) is 0 Å². The normalized spacial score (nSPS) is 7.82. The minimum Gasteiger partial charge on any atom is -0.832 e. The molecule has 0 saturated carbocycles. The molecule has 0 aromatic heterocycles. The molecule has 0 aromatic rings. The summed E-state index contributed by atoms with van der Waals surface area (Å²) in [5.41, 5.74) is 0. The van der Waals surface area contributed by atoms with Gasteiger partial charge in [-0.05, 0) is 0 Å². The van der Waals surface area contributed by atoms with Crippen molar-refractivity contribution >= 4 is 26.6 Å². The van der Waals surface area contributed by atoms with Crippen LogP contribution in [0.1, 0.15) is 0 Å². The van der Waals surface area contributed by atoms with Gasteiger partial charge in [-0.1, -0.05) is 0 Å². The van der Waals surface area contributed by atoms with Crippen LogP contribution in [-0.2, 0) is 9.59 Å². The minimum atomic E-state index is -6.00. The van der Waals surface area contributed by atoms with Gasteiger partial charge in [0.25, 0.3) is 0 Å². The van der Waals surface area contributed by atoms with Crippen molar-refractivity contribution in [2.24, 2.45) is 0 Å². The van der Waals surface area contributed by atoms with Crippen molar-refractivity contribution in [3.63, 3.8) is 0 Å². The topological polar surface area (TPSA) is 97.7 Å². The summed E-state index contributed by atoms with van der Waals surface area (Å²) in [5.74, 6) is 0. The molecule has 0 aliphatic rings. The number of carbonyl (C=O) groups is 2. The SMILES string of the molecule is F[B-](F)(F)F.O=C(F)C(=O)F.[Na+].[Na+].[O-]B(O)O. The van der Waals surface area contributed by atoms with Crippen molar-refractivity contribution in [3.8, 4) is 0 Å². The van der Waals surface area contributed by atoms with Gasteiger partial charge in [-0.2, -0.15) is 8.78 Å². The third kappa shape index (κ3) is 155. The molecule has 0 heterocycles. The van der Waals surface area contributed by atoms with E-state index in [9.17, 15) is 26.0 Å². The Kier molecular flexibility index (Phi) is 30.6. The minimum absolute atomic E-state index is 0. The summed E-state index contributed by atoms with van der Waals surface area (Å²) >= 11 is 0. The van der Waals surface area contributed by atoms with Crippen LogP contribution in [0.25, 0.3) is 0 Å². The van der Waals surface area contributed by atoms with Gasteiger partial charge in [-0.15, -0.1) is 0 Å². The summed E-state index contributed by atoms with van der Waals surface area (Å²) < 4.78 is 59.9. The summed E-state index contributed by atoms with van der Waals surface area (Å²) in [5, 5.41) is 22.8. The first-order valence-electron chi connectivity index (χ1n) is 2.66. The maximum Gasteiger partial charge on any atom is 1.00 e. The molecule has 17 heavy (non-hydrogen) atoms. The molecular weight excluding hydrogens is 286 g/mol. The Hall–Kier alpha value is 0.930. The van der Waals surface area contributed by atoms with Gasteiger partial charge in [0.2, 0.25) is 0 Å². The van der Waals surface area contributed by atoms with E-state index in [0.717, 1.165) is 0 Å². The predicted molar refractivity (Wildman–Crippen MR) is 32.6 cm³/mol. The summed E-state index contributed by atoms with van der Waals surface area (Å²) in [6.07, 6.45) is 0. The van der Waals surface area contributed by atoms with E-state index in [-0.39, 0.29) is 59.1 Å². The number of hydrogen-bond donors (Lipinski definition) is 2. The van der Waals surface area contributed by atoms with Gasteiger partial charge in [0, 0.05) is 0 Å². The Morgan fingerprint density at radius 1 is 0.941 bits per heavy atom. The molecule has 0 atom stereocenters. The molecule has 0 bridgehead atoms. The number of carbonyl (C=O) groups excluding carboxylic acids is 2. The van der Waals surface area contributed by atoms with Crippen LogP contribution in [0.4, 0.5) is 26.0 Å². The Bertz CT molecular complexity index is 181. The van der Waals surface area contributed by atoms with Gasteiger partial charge < -0.3 is 32.3 Å². The van der Waals surface area contributed by atoms with Gasteiger partial charge in [-0.3, -0.25) is 0 Å². The molecule has 90 valence electrons. The van der Waals surface area contributed by atoms with Crippen molar-refractivity contribution in [1.29, 1.82) is 0 Å². The Morgan fingerprint density at radius 2 is 1.00 bits per heavy atom. The molecule has 0 aliphatic carbocycles. The fraction of sp³-hybridized carbons (Fsp3) is 0. The second kappa shape index (κ2) is 16.9. The van der Waals surface area contributed by atoms with E-state index in [2.05, 4.69) is 0 Å². The van der Waals surface area contributed by atoms with Crippen LogP contribution >= 0.6 is 0 Å². The van der Waals surface area contributed by atoms with Crippen LogP contribution in [-0.4, -0.2) is 36.7 Å². The third-order valence-electron chi connectivity index (χ3n) is 0.155. The second-order valence-electron chi connectivity index (χ2n) is 1.37. The predicted octanol–water partition coefficient (Wildman–Crippen LogP) is -7.40. The zero-order chi connectivity index (χ0) is 13.2. The maximum atomic E-state index is 10.5. The molecule has 0 unspecified atom stereocenters. The fourth-order valence-electron chi connectivity index (χ4n) is 0. The Morgan fingerprint density at radius 3 is 1.00 bits per heavy atom. The van der Waals surface area contributed by atoms with E-state index < -0.39 is 26.6 Å². The molecule has 0 radical (unpaired) electrons.